The van der Waals surface area contributed by atoms with Gasteiger partial charge in [0.25, 0.3) is 0 Å². The van der Waals surface area contributed by atoms with E-state index in [0.29, 0.717) is 51.6 Å². The molecule has 0 bridgehead atoms. The number of hydrogen-bond acceptors (Lipinski definition) is 6. The van der Waals surface area contributed by atoms with Gasteiger partial charge in [0.15, 0.2) is 0 Å². The molecule has 1 fully saturated rings. The molecule has 0 saturated carbocycles. The third kappa shape index (κ3) is 5.32. The van der Waals surface area contributed by atoms with Crippen LogP contribution in [0.3, 0.4) is 0 Å². The van der Waals surface area contributed by atoms with Crippen LogP contribution in [0.4, 0.5) is 4.79 Å². The summed E-state index contributed by atoms with van der Waals surface area (Å²) in [6.45, 7) is 5.60. The number of ether oxygens (including phenoxy) is 2. The maximum absolute atomic E-state index is 12.5. The van der Waals surface area contributed by atoms with E-state index in [0.717, 1.165) is 0 Å². The summed E-state index contributed by atoms with van der Waals surface area (Å²) in [5, 5.41) is 0. The zero-order valence-corrected chi connectivity index (χ0v) is 15.4. The Morgan fingerprint density at radius 1 is 1.20 bits per heavy atom. The lowest BCUT2D eigenvalue weighted by Gasteiger charge is -2.33. The van der Waals surface area contributed by atoms with Crippen molar-refractivity contribution in [1.29, 1.82) is 0 Å². The van der Waals surface area contributed by atoms with Crippen LogP contribution in [0.25, 0.3) is 0 Å². The summed E-state index contributed by atoms with van der Waals surface area (Å²) in [4.78, 5) is 15.3. The maximum atomic E-state index is 12.5. The SMILES string of the molecule is CCOc1ccccc1S(=O)(=O)NCCN1CCN(C(=O)OC)CC1. The van der Waals surface area contributed by atoms with Gasteiger partial charge in [-0.3, -0.25) is 4.90 Å². The second-order valence-corrected chi connectivity index (χ2v) is 7.31. The predicted octanol–water partition coefficient (Wildman–Crippen LogP) is 0.748. The molecule has 2 rings (SSSR count). The number of nitrogens with zero attached hydrogens (tertiary/aromatic N) is 2. The van der Waals surface area contributed by atoms with E-state index in [4.69, 9.17) is 9.47 Å². The van der Waals surface area contributed by atoms with Gasteiger partial charge in [0.1, 0.15) is 10.6 Å². The van der Waals surface area contributed by atoms with Crippen molar-refractivity contribution in [2.45, 2.75) is 11.8 Å². The van der Waals surface area contributed by atoms with Crippen LogP contribution >= 0.6 is 0 Å². The number of nitrogens with one attached hydrogen (secondary N) is 1. The van der Waals surface area contributed by atoms with Crippen molar-refractivity contribution < 1.29 is 22.7 Å². The topological polar surface area (TPSA) is 88.2 Å². The summed E-state index contributed by atoms with van der Waals surface area (Å²) >= 11 is 0. The molecule has 1 aromatic carbocycles. The standard InChI is InChI=1S/C16H25N3O5S/c1-3-24-14-6-4-5-7-15(14)25(21,22)17-8-9-18-10-12-19(13-11-18)16(20)23-2/h4-7,17H,3,8-13H2,1-2H3. The molecule has 0 aromatic heterocycles. The van der Waals surface area contributed by atoms with Gasteiger partial charge in [-0.15, -0.1) is 0 Å². The summed E-state index contributed by atoms with van der Waals surface area (Å²) in [7, 11) is -2.26. The third-order valence-electron chi connectivity index (χ3n) is 3.96. The molecule has 1 saturated heterocycles. The van der Waals surface area contributed by atoms with E-state index in [2.05, 4.69) is 9.62 Å². The minimum absolute atomic E-state index is 0.146. The summed E-state index contributed by atoms with van der Waals surface area (Å²) in [6, 6.07) is 6.58. The Labute approximate surface area is 148 Å². The Morgan fingerprint density at radius 2 is 1.88 bits per heavy atom. The lowest BCUT2D eigenvalue weighted by Crippen LogP contribution is -2.50. The number of hydrogen-bond donors (Lipinski definition) is 1. The number of methoxy groups -OCH3 is 1. The van der Waals surface area contributed by atoms with Gasteiger partial charge in [0.05, 0.1) is 13.7 Å². The number of rotatable bonds is 7. The van der Waals surface area contributed by atoms with Crippen LogP contribution in [0.15, 0.2) is 29.2 Å². The summed E-state index contributed by atoms with van der Waals surface area (Å²) < 4.78 is 37.6. The quantitative estimate of drug-likeness (QED) is 0.761. The summed E-state index contributed by atoms with van der Waals surface area (Å²) in [6.07, 6.45) is -0.326. The highest BCUT2D eigenvalue weighted by Gasteiger charge is 2.22. The molecule has 1 aliphatic heterocycles. The minimum atomic E-state index is -3.63. The number of sulfonamides is 1. The molecule has 9 heteroatoms. The van der Waals surface area contributed by atoms with E-state index in [1.807, 2.05) is 6.92 Å². The van der Waals surface area contributed by atoms with E-state index in [1.54, 1.807) is 23.1 Å². The van der Waals surface area contributed by atoms with Crippen LogP contribution < -0.4 is 9.46 Å². The number of carbonyl (C=O) groups is 1. The van der Waals surface area contributed by atoms with Gasteiger partial charge in [0, 0.05) is 39.3 Å². The normalized spacial score (nSPS) is 15.8. The van der Waals surface area contributed by atoms with Gasteiger partial charge in [-0.1, -0.05) is 12.1 Å². The zero-order chi connectivity index (χ0) is 18.3. The van der Waals surface area contributed by atoms with Crippen LogP contribution in [0.5, 0.6) is 5.75 Å². The van der Waals surface area contributed by atoms with Crippen LogP contribution in [0.2, 0.25) is 0 Å². The van der Waals surface area contributed by atoms with Crippen LogP contribution in [-0.4, -0.2) is 77.3 Å². The lowest BCUT2D eigenvalue weighted by atomic mass is 10.3. The summed E-state index contributed by atoms with van der Waals surface area (Å²) in [5.74, 6) is 0.351. The highest BCUT2D eigenvalue weighted by Crippen LogP contribution is 2.22. The van der Waals surface area contributed by atoms with Gasteiger partial charge in [0.2, 0.25) is 10.0 Å². The molecule has 1 amide bonds. The molecule has 0 unspecified atom stereocenters. The highest BCUT2D eigenvalue weighted by atomic mass is 32.2. The average Bonchev–Trinajstić information content (AvgIpc) is 2.62. The predicted molar refractivity (Wildman–Crippen MR) is 93.2 cm³/mol. The van der Waals surface area contributed by atoms with Gasteiger partial charge >= 0.3 is 6.09 Å². The molecule has 1 heterocycles. The Kier molecular flexibility index (Phi) is 7.03. The first-order valence-electron chi connectivity index (χ1n) is 8.24. The molecule has 8 nitrogen and oxygen atoms in total. The average molecular weight is 371 g/mol. The lowest BCUT2D eigenvalue weighted by molar-refractivity contribution is 0.0918. The molecule has 0 aliphatic carbocycles. The number of carbonyl (C=O) groups excluding carboxylic acids is 1. The Balaban J connectivity index is 1.84. The molecular weight excluding hydrogens is 346 g/mol. The van der Waals surface area contributed by atoms with Gasteiger partial charge in [-0.25, -0.2) is 17.9 Å². The number of benzene rings is 1. The fraction of sp³-hybridized carbons (Fsp3) is 0.562. The van der Waals surface area contributed by atoms with E-state index in [1.165, 1.54) is 13.2 Å². The van der Waals surface area contributed by atoms with Crippen molar-refractivity contribution in [2.75, 3.05) is 53.0 Å². The Bertz CT molecular complexity index is 672. The molecule has 1 N–H and O–H groups in total. The maximum Gasteiger partial charge on any atom is 0.409 e. The van der Waals surface area contributed by atoms with Crippen molar-refractivity contribution in [2.24, 2.45) is 0 Å². The van der Waals surface area contributed by atoms with E-state index in [9.17, 15) is 13.2 Å². The number of amides is 1. The van der Waals surface area contributed by atoms with Crippen LogP contribution in [0, 0.1) is 0 Å². The monoisotopic (exact) mass is 371 g/mol. The molecular formula is C16H25N3O5S. The Hall–Kier alpha value is -1.84. The first-order valence-corrected chi connectivity index (χ1v) is 9.73. The van der Waals surface area contributed by atoms with E-state index >= 15 is 0 Å². The van der Waals surface area contributed by atoms with Crippen molar-refractivity contribution in [3.8, 4) is 5.75 Å². The number of para-hydroxylation sites is 1. The highest BCUT2D eigenvalue weighted by molar-refractivity contribution is 7.89. The molecule has 0 atom stereocenters. The molecule has 0 radical (unpaired) electrons. The minimum Gasteiger partial charge on any atom is -0.492 e. The van der Waals surface area contributed by atoms with Crippen molar-refractivity contribution >= 4 is 16.1 Å². The molecule has 1 aromatic rings. The molecule has 25 heavy (non-hydrogen) atoms. The van der Waals surface area contributed by atoms with E-state index < -0.39 is 10.0 Å². The Morgan fingerprint density at radius 3 is 2.52 bits per heavy atom. The second-order valence-electron chi connectivity index (χ2n) is 5.58. The number of piperazine rings is 1. The van der Waals surface area contributed by atoms with Gasteiger partial charge in [-0.05, 0) is 19.1 Å². The van der Waals surface area contributed by atoms with Gasteiger partial charge < -0.3 is 14.4 Å². The van der Waals surface area contributed by atoms with Crippen LogP contribution in [-0.2, 0) is 14.8 Å². The van der Waals surface area contributed by atoms with Crippen molar-refractivity contribution in [3.63, 3.8) is 0 Å². The molecule has 0 spiro atoms. The third-order valence-corrected chi connectivity index (χ3v) is 5.46. The first-order chi connectivity index (χ1) is 12.0. The zero-order valence-electron chi connectivity index (χ0n) is 14.6. The van der Waals surface area contributed by atoms with Crippen molar-refractivity contribution in [3.05, 3.63) is 24.3 Å². The smallest absolute Gasteiger partial charge is 0.409 e. The van der Waals surface area contributed by atoms with Crippen LogP contribution in [0.1, 0.15) is 6.92 Å². The molecule has 1 aliphatic rings. The summed E-state index contributed by atoms with van der Waals surface area (Å²) in [5.41, 5.74) is 0. The van der Waals surface area contributed by atoms with E-state index in [-0.39, 0.29) is 11.0 Å². The van der Waals surface area contributed by atoms with Gasteiger partial charge in [-0.2, -0.15) is 0 Å². The fourth-order valence-electron chi connectivity index (χ4n) is 2.65. The first kappa shape index (κ1) is 19.5. The second kappa shape index (κ2) is 9.02. The van der Waals surface area contributed by atoms with Crippen molar-refractivity contribution in [1.82, 2.24) is 14.5 Å². The molecule has 140 valence electrons. The largest absolute Gasteiger partial charge is 0.492 e. The fourth-order valence-corrected chi connectivity index (χ4v) is 3.81.